The number of carboxylic acid groups (broad SMARTS) is 1. The molecule has 1 aromatic rings. The van der Waals surface area contributed by atoms with Gasteiger partial charge < -0.3 is 14.9 Å². The van der Waals surface area contributed by atoms with Crippen molar-refractivity contribution in [2.75, 3.05) is 0 Å². The van der Waals surface area contributed by atoms with Crippen LogP contribution in [0.3, 0.4) is 0 Å². The highest BCUT2D eigenvalue weighted by Gasteiger charge is 2.59. The fraction of sp³-hybridized carbons (Fsp3) is 0.636. The zero-order chi connectivity index (χ0) is 20.1. The van der Waals surface area contributed by atoms with Crippen LogP contribution >= 0.6 is 0 Å². The summed E-state index contributed by atoms with van der Waals surface area (Å²) in [6, 6.07) is 1.92. The van der Waals surface area contributed by atoms with Gasteiger partial charge in [0.25, 0.3) is 0 Å². The first-order valence-electron chi connectivity index (χ1n) is 9.83. The zero-order valence-electron chi connectivity index (χ0n) is 16.9. The molecule has 1 fully saturated rings. The number of benzene rings is 1. The highest BCUT2D eigenvalue weighted by atomic mass is 16.5. The molecule has 0 spiro atoms. The summed E-state index contributed by atoms with van der Waals surface area (Å²) in [7, 11) is 0. The van der Waals surface area contributed by atoms with Crippen LogP contribution in [0.1, 0.15) is 82.9 Å². The molecule has 2 N–H and O–H groups in total. The molecule has 1 saturated carbocycles. The molecule has 2 atom stereocenters. The van der Waals surface area contributed by atoms with Crippen molar-refractivity contribution in [1.82, 2.24) is 0 Å². The predicted octanol–water partition coefficient (Wildman–Crippen LogP) is 4.54. The van der Waals surface area contributed by atoms with Gasteiger partial charge in [-0.3, -0.25) is 9.59 Å². The van der Waals surface area contributed by atoms with E-state index < -0.39 is 17.4 Å². The van der Waals surface area contributed by atoms with E-state index in [1.54, 1.807) is 0 Å². The Kier molecular flexibility index (Phi) is 4.77. The molecule has 2 unspecified atom stereocenters. The minimum Gasteiger partial charge on any atom is -0.504 e. The number of esters is 1. The minimum absolute atomic E-state index is 0.0332. The molecule has 0 aliphatic heterocycles. The maximum Gasteiger partial charge on any atom is 0.314 e. The zero-order valence-corrected chi connectivity index (χ0v) is 16.9. The average Bonchev–Trinajstić information content (AvgIpc) is 2.55. The van der Waals surface area contributed by atoms with Crippen LogP contribution in [0.5, 0.6) is 11.5 Å². The van der Waals surface area contributed by atoms with Gasteiger partial charge in [-0.15, -0.1) is 0 Å². The maximum atomic E-state index is 12.7. The lowest BCUT2D eigenvalue weighted by Crippen LogP contribution is -2.54. The number of hydrogen-bond acceptors (Lipinski definition) is 4. The Bertz CT molecular complexity index is 792. The lowest BCUT2D eigenvalue weighted by atomic mass is 9.49. The summed E-state index contributed by atoms with van der Waals surface area (Å²) in [6.45, 7) is 9.47. The number of ether oxygens (including phenoxy) is 1. The molecule has 27 heavy (non-hydrogen) atoms. The molecule has 2 aliphatic carbocycles. The number of aryl methyl sites for hydroxylation is 1. The molecule has 1 aromatic carbocycles. The van der Waals surface area contributed by atoms with E-state index >= 15 is 0 Å². The van der Waals surface area contributed by atoms with Crippen molar-refractivity contribution in [3.8, 4) is 11.5 Å². The van der Waals surface area contributed by atoms with Crippen molar-refractivity contribution >= 4 is 11.9 Å². The Labute approximate surface area is 160 Å². The third-order valence-electron chi connectivity index (χ3n) is 6.69. The minimum atomic E-state index is -1.13. The highest BCUT2D eigenvalue weighted by molar-refractivity contribution is 5.86. The van der Waals surface area contributed by atoms with E-state index in [1.807, 2.05) is 19.9 Å². The van der Waals surface area contributed by atoms with Gasteiger partial charge in [0.2, 0.25) is 0 Å². The van der Waals surface area contributed by atoms with Crippen LogP contribution in [-0.2, 0) is 21.4 Å². The van der Waals surface area contributed by atoms with Gasteiger partial charge in [0.05, 0.1) is 0 Å². The summed E-state index contributed by atoms with van der Waals surface area (Å²) in [5.74, 6) is -1.50. The highest BCUT2D eigenvalue weighted by Crippen LogP contribution is 2.61. The summed E-state index contributed by atoms with van der Waals surface area (Å²) in [5, 5.41) is 21.3. The number of hydrogen-bond donors (Lipinski definition) is 2. The molecule has 0 bridgehead atoms. The number of carbonyl (C=O) groups is 2. The molecule has 2 aliphatic rings. The van der Waals surface area contributed by atoms with E-state index in [-0.39, 0.29) is 28.7 Å². The number of carboxylic acids is 1. The van der Waals surface area contributed by atoms with Gasteiger partial charge in [0, 0.05) is 18.1 Å². The lowest BCUT2D eigenvalue weighted by Gasteiger charge is -2.53. The smallest absolute Gasteiger partial charge is 0.314 e. The van der Waals surface area contributed by atoms with Crippen LogP contribution in [-0.4, -0.2) is 22.2 Å². The molecule has 0 amide bonds. The largest absolute Gasteiger partial charge is 0.504 e. The van der Waals surface area contributed by atoms with Crippen LogP contribution in [0, 0.1) is 11.3 Å². The van der Waals surface area contributed by atoms with E-state index in [0.717, 1.165) is 31.2 Å². The van der Waals surface area contributed by atoms with E-state index in [2.05, 4.69) is 13.8 Å². The molecule has 5 nitrogen and oxygen atoms in total. The number of phenols is 1. The Balaban J connectivity index is 2.36. The Morgan fingerprint density at radius 3 is 2.48 bits per heavy atom. The number of fused-ring (bicyclic) bond motifs is 3. The summed E-state index contributed by atoms with van der Waals surface area (Å²) < 4.78 is 5.47. The molecule has 0 saturated heterocycles. The SMILES string of the molecule is CC(=O)Oc1c(O)c(C(C)C)cc2c1C1(C(=O)O)CCCC(C)(C)C1CC2. The number of rotatable bonds is 3. The Morgan fingerprint density at radius 1 is 1.26 bits per heavy atom. The number of aliphatic carboxylic acids is 1. The topological polar surface area (TPSA) is 83.8 Å². The summed E-state index contributed by atoms with van der Waals surface area (Å²) in [4.78, 5) is 24.5. The Hall–Kier alpha value is -2.04. The van der Waals surface area contributed by atoms with Crippen LogP contribution in [0.15, 0.2) is 6.07 Å². The van der Waals surface area contributed by atoms with Crippen molar-refractivity contribution in [1.29, 1.82) is 0 Å². The fourth-order valence-electron chi connectivity index (χ4n) is 5.53. The van der Waals surface area contributed by atoms with Gasteiger partial charge in [0.1, 0.15) is 5.41 Å². The molecule has 0 aromatic heterocycles. The quantitative estimate of drug-likeness (QED) is 0.599. The number of aromatic hydroxyl groups is 1. The fourth-order valence-corrected chi connectivity index (χ4v) is 5.53. The molecule has 0 radical (unpaired) electrons. The van der Waals surface area contributed by atoms with Crippen molar-refractivity contribution in [2.45, 2.75) is 78.1 Å². The van der Waals surface area contributed by atoms with Gasteiger partial charge >= 0.3 is 11.9 Å². The van der Waals surface area contributed by atoms with Crippen molar-refractivity contribution in [3.05, 3.63) is 22.8 Å². The summed E-state index contributed by atoms with van der Waals surface area (Å²) in [6.07, 6.45) is 3.78. The number of carbonyl (C=O) groups excluding carboxylic acids is 1. The molecule has 5 heteroatoms. The Morgan fingerprint density at radius 2 is 1.93 bits per heavy atom. The lowest BCUT2D eigenvalue weighted by molar-refractivity contribution is -0.153. The van der Waals surface area contributed by atoms with Crippen LogP contribution in [0.2, 0.25) is 0 Å². The first-order chi connectivity index (χ1) is 12.5. The second-order valence-electron chi connectivity index (χ2n) is 9.14. The van der Waals surface area contributed by atoms with Crippen molar-refractivity contribution < 1.29 is 24.5 Å². The van der Waals surface area contributed by atoms with Crippen molar-refractivity contribution in [2.24, 2.45) is 11.3 Å². The normalized spacial score (nSPS) is 26.2. The molecule has 148 valence electrons. The first kappa shape index (κ1) is 19.7. The van der Waals surface area contributed by atoms with E-state index in [0.29, 0.717) is 17.5 Å². The van der Waals surface area contributed by atoms with E-state index in [4.69, 9.17) is 4.74 Å². The average molecular weight is 374 g/mol. The van der Waals surface area contributed by atoms with E-state index in [9.17, 15) is 19.8 Å². The molecule has 3 rings (SSSR count). The van der Waals surface area contributed by atoms with Crippen LogP contribution < -0.4 is 4.74 Å². The second kappa shape index (κ2) is 6.54. The molecular weight excluding hydrogens is 344 g/mol. The third kappa shape index (κ3) is 2.91. The summed E-state index contributed by atoms with van der Waals surface area (Å²) >= 11 is 0. The maximum absolute atomic E-state index is 12.7. The first-order valence-corrected chi connectivity index (χ1v) is 9.83. The second-order valence-corrected chi connectivity index (χ2v) is 9.14. The predicted molar refractivity (Wildman–Crippen MR) is 102 cm³/mol. The molecular formula is C22H30O5. The van der Waals surface area contributed by atoms with Gasteiger partial charge in [-0.25, -0.2) is 0 Å². The number of phenolic OH excluding ortho intramolecular Hbond substituents is 1. The monoisotopic (exact) mass is 374 g/mol. The summed E-state index contributed by atoms with van der Waals surface area (Å²) in [5.41, 5.74) is 0.848. The van der Waals surface area contributed by atoms with E-state index in [1.165, 1.54) is 6.92 Å². The molecule has 0 heterocycles. The third-order valence-corrected chi connectivity index (χ3v) is 6.69. The van der Waals surface area contributed by atoms with Crippen LogP contribution in [0.25, 0.3) is 0 Å². The van der Waals surface area contributed by atoms with Crippen LogP contribution in [0.4, 0.5) is 0 Å². The van der Waals surface area contributed by atoms with Gasteiger partial charge in [-0.05, 0) is 48.5 Å². The van der Waals surface area contributed by atoms with Crippen molar-refractivity contribution in [3.63, 3.8) is 0 Å². The van der Waals surface area contributed by atoms with Gasteiger partial charge in [-0.1, -0.05) is 40.2 Å². The van der Waals surface area contributed by atoms with Gasteiger partial charge in [0.15, 0.2) is 11.5 Å². The van der Waals surface area contributed by atoms with Gasteiger partial charge in [-0.2, -0.15) is 0 Å². The standard InChI is InChI=1S/C22H30O5/c1-12(2)15-11-14-7-8-16-21(4,5)9-6-10-22(16,20(25)26)17(14)19(18(15)24)27-13(3)23/h11-12,16,24H,6-10H2,1-5H3,(H,25,26).